The smallest absolute Gasteiger partial charge is 0.328 e. The van der Waals surface area contributed by atoms with Gasteiger partial charge in [0, 0.05) is 26.9 Å². The van der Waals surface area contributed by atoms with Gasteiger partial charge in [-0.25, -0.2) is 0 Å². The Balaban J connectivity index is 1.53. The Hall–Kier alpha value is -1.30. The monoisotopic (exact) mass is 515 g/mol. The highest BCUT2D eigenvalue weighted by atomic mass is 31.2. The second-order valence-corrected chi connectivity index (χ2v) is 14.0. The van der Waals surface area contributed by atoms with Crippen LogP contribution in [0.15, 0.2) is 24.3 Å². The van der Waals surface area contributed by atoms with Crippen LogP contribution in [0.4, 0.5) is 0 Å². The lowest BCUT2D eigenvalue weighted by Crippen LogP contribution is -2.30. The molecule has 10 heteroatoms. The van der Waals surface area contributed by atoms with Gasteiger partial charge < -0.3 is 13.6 Å². The van der Waals surface area contributed by atoms with Crippen LogP contribution in [-0.4, -0.2) is 56.2 Å². The lowest BCUT2D eigenvalue weighted by molar-refractivity contribution is 0.0651. The minimum Gasteiger partial charge on any atom is -0.328 e. The first-order valence-corrected chi connectivity index (χ1v) is 15.9. The van der Waals surface area contributed by atoms with E-state index in [2.05, 4.69) is 0 Å². The van der Waals surface area contributed by atoms with E-state index in [4.69, 9.17) is 13.6 Å². The van der Waals surface area contributed by atoms with E-state index in [1.54, 1.807) is 31.2 Å². The van der Waals surface area contributed by atoms with Gasteiger partial charge >= 0.3 is 7.60 Å². The first-order valence-electron chi connectivity index (χ1n) is 12.2. The number of carbonyl (C=O) groups is 2. The zero-order valence-corrected chi connectivity index (χ0v) is 22.5. The summed E-state index contributed by atoms with van der Waals surface area (Å²) in [6.45, 7) is 2.56. The van der Waals surface area contributed by atoms with Crippen LogP contribution in [0, 0.1) is 0 Å². The molecular formula is C24H39NO7P2. The van der Waals surface area contributed by atoms with Crippen molar-refractivity contribution in [1.29, 1.82) is 0 Å². The molecule has 1 atom stereocenters. The summed E-state index contributed by atoms with van der Waals surface area (Å²) in [5, 5.41) is 0. The minimum absolute atomic E-state index is 0.179. The second kappa shape index (κ2) is 14.3. The highest BCUT2D eigenvalue weighted by Gasteiger charge is 2.35. The fraction of sp³-hybridized carbons (Fsp3) is 0.667. The minimum atomic E-state index is -3.37. The maximum Gasteiger partial charge on any atom is 0.339 e. The highest BCUT2D eigenvalue weighted by molar-refractivity contribution is 7.73. The number of benzene rings is 1. The molecule has 1 aromatic carbocycles. The molecule has 8 nitrogen and oxygen atoms in total. The van der Waals surface area contributed by atoms with Crippen LogP contribution in [0.25, 0.3) is 0 Å². The summed E-state index contributed by atoms with van der Waals surface area (Å²) in [4.78, 5) is 26.1. The van der Waals surface area contributed by atoms with Gasteiger partial charge in [0.25, 0.3) is 11.8 Å². The van der Waals surface area contributed by atoms with E-state index in [0.717, 1.165) is 57.8 Å². The number of hydrogen-bond acceptors (Lipinski definition) is 7. The standard InChI is InChI=1S/C24H39NO7P2/c1-4-32-33(28,20-34(29,30-2)31-3)19-15-11-9-7-5-6-8-10-14-18-25-23(26)21-16-12-13-17-22(21)24(25)27/h12-13,16-17H,4-11,14-15,18-20H2,1-3H3. The average molecular weight is 516 g/mol. The molecule has 34 heavy (non-hydrogen) atoms. The molecule has 0 spiro atoms. The largest absolute Gasteiger partial charge is 0.339 e. The summed E-state index contributed by atoms with van der Waals surface area (Å²) in [5.41, 5.74) is 1.02. The van der Waals surface area contributed by atoms with E-state index >= 15 is 0 Å². The SMILES string of the molecule is CCOP(=O)(CCCCCCCCCCCN1C(=O)c2ccccc2C1=O)CP(=O)(OC)OC. The van der Waals surface area contributed by atoms with Crippen LogP contribution in [0.5, 0.6) is 0 Å². The van der Waals surface area contributed by atoms with E-state index in [1.165, 1.54) is 19.1 Å². The number of amides is 2. The molecule has 0 aromatic heterocycles. The molecule has 2 rings (SSSR count). The van der Waals surface area contributed by atoms with Crippen molar-refractivity contribution in [2.75, 3.05) is 39.4 Å². The lowest BCUT2D eigenvalue weighted by Gasteiger charge is -2.21. The fourth-order valence-electron chi connectivity index (χ4n) is 4.17. The van der Waals surface area contributed by atoms with E-state index in [-0.39, 0.29) is 17.7 Å². The molecule has 0 aliphatic carbocycles. The van der Waals surface area contributed by atoms with E-state index in [9.17, 15) is 18.7 Å². The van der Waals surface area contributed by atoms with Crippen molar-refractivity contribution < 1.29 is 32.3 Å². The predicted octanol–water partition coefficient (Wildman–Crippen LogP) is 6.55. The van der Waals surface area contributed by atoms with Gasteiger partial charge in [-0.1, -0.05) is 57.1 Å². The Morgan fingerprint density at radius 2 is 1.24 bits per heavy atom. The molecule has 1 unspecified atom stereocenters. The fourth-order valence-corrected chi connectivity index (χ4v) is 9.55. The third-order valence-corrected chi connectivity index (χ3v) is 12.0. The molecule has 0 radical (unpaired) electrons. The normalized spacial score (nSPS) is 15.6. The predicted molar refractivity (Wildman–Crippen MR) is 134 cm³/mol. The molecule has 0 saturated heterocycles. The molecule has 1 aromatic rings. The lowest BCUT2D eigenvalue weighted by atomic mass is 10.1. The number of imide groups is 1. The molecule has 0 fully saturated rings. The highest BCUT2D eigenvalue weighted by Crippen LogP contribution is 2.63. The Labute approximate surface area is 203 Å². The van der Waals surface area contributed by atoms with Crippen molar-refractivity contribution in [3.05, 3.63) is 35.4 Å². The average Bonchev–Trinajstić information content (AvgIpc) is 3.07. The van der Waals surface area contributed by atoms with Crippen molar-refractivity contribution in [3.8, 4) is 0 Å². The van der Waals surface area contributed by atoms with Crippen molar-refractivity contribution in [2.24, 2.45) is 0 Å². The molecular weight excluding hydrogens is 476 g/mol. The van der Waals surface area contributed by atoms with Gasteiger partial charge in [-0.05, 0) is 31.9 Å². The van der Waals surface area contributed by atoms with Gasteiger partial charge in [-0.3, -0.25) is 23.6 Å². The summed E-state index contributed by atoms with van der Waals surface area (Å²) in [7, 11) is -3.83. The molecule has 2 amide bonds. The Morgan fingerprint density at radius 1 is 0.765 bits per heavy atom. The molecule has 1 aliphatic rings. The third kappa shape index (κ3) is 8.42. The Kier molecular flexibility index (Phi) is 12.2. The molecule has 0 saturated carbocycles. The van der Waals surface area contributed by atoms with E-state index in [1.807, 2.05) is 0 Å². The zero-order valence-electron chi connectivity index (χ0n) is 20.7. The van der Waals surface area contributed by atoms with Gasteiger partial charge in [-0.15, -0.1) is 0 Å². The van der Waals surface area contributed by atoms with Crippen LogP contribution < -0.4 is 0 Å². The summed E-state index contributed by atoms with van der Waals surface area (Å²) in [6.07, 6.45) is 9.37. The van der Waals surface area contributed by atoms with Gasteiger partial charge in [0.2, 0.25) is 7.37 Å². The molecule has 192 valence electrons. The molecule has 1 heterocycles. The Bertz CT molecular complexity index is 862. The topological polar surface area (TPSA) is 99.2 Å². The van der Waals surface area contributed by atoms with Crippen LogP contribution in [0.1, 0.15) is 85.4 Å². The Morgan fingerprint density at radius 3 is 1.71 bits per heavy atom. The summed E-state index contributed by atoms with van der Waals surface area (Å²) < 4.78 is 40.6. The first-order chi connectivity index (χ1) is 16.3. The van der Waals surface area contributed by atoms with E-state index in [0.29, 0.717) is 30.4 Å². The van der Waals surface area contributed by atoms with Crippen molar-refractivity contribution in [3.63, 3.8) is 0 Å². The number of hydrogen-bond donors (Lipinski definition) is 0. The van der Waals surface area contributed by atoms with E-state index < -0.39 is 15.0 Å². The number of rotatable bonds is 18. The number of nitrogens with zero attached hydrogens (tertiary/aromatic N) is 1. The van der Waals surface area contributed by atoms with Crippen molar-refractivity contribution in [2.45, 2.75) is 64.7 Å². The van der Waals surface area contributed by atoms with Gasteiger partial charge in [0.05, 0.1) is 17.7 Å². The van der Waals surface area contributed by atoms with Crippen molar-refractivity contribution in [1.82, 2.24) is 4.90 Å². The molecule has 0 bridgehead atoms. The summed E-state index contributed by atoms with van der Waals surface area (Å²) >= 11 is 0. The van der Waals surface area contributed by atoms with Gasteiger partial charge in [-0.2, -0.15) is 0 Å². The molecule has 1 aliphatic heterocycles. The van der Waals surface area contributed by atoms with Crippen LogP contribution >= 0.6 is 15.0 Å². The van der Waals surface area contributed by atoms with Gasteiger partial charge in [0.1, 0.15) is 5.90 Å². The number of fused-ring (bicyclic) bond motifs is 1. The first kappa shape index (κ1) is 28.9. The van der Waals surface area contributed by atoms with Crippen LogP contribution in [0.2, 0.25) is 0 Å². The van der Waals surface area contributed by atoms with Crippen LogP contribution in [0.3, 0.4) is 0 Å². The summed E-state index contributed by atoms with van der Waals surface area (Å²) in [6, 6.07) is 6.99. The maximum absolute atomic E-state index is 13.0. The van der Waals surface area contributed by atoms with Gasteiger partial charge in [0.15, 0.2) is 0 Å². The van der Waals surface area contributed by atoms with Crippen LogP contribution in [-0.2, 0) is 22.7 Å². The number of unbranched alkanes of at least 4 members (excludes halogenated alkanes) is 8. The third-order valence-electron chi connectivity index (χ3n) is 6.07. The quantitative estimate of drug-likeness (QED) is 0.124. The zero-order chi connectivity index (χ0) is 25.0. The van der Waals surface area contributed by atoms with Crippen molar-refractivity contribution >= 4 is 26.8 Å². The number of carbonyl (C=O) groups excluding carboxylic acids is 2. The summed E-state index contributed by atoms with van der Waals surface area (Å²) in [5.74, 6) is -0.537. The molecule has 0 N–H and O–H groups in total. The maximum atomic E-state index is 13.0. The second-order valence-electron chi connectivity index (χ2n) is 8.56.